The lowest BCUT2D eigenvalue weighted by Gasteiger charge is -2.14. The molecule has 4 heteroatoms. The number of ether oxygens (including phenoxy) is 1. The van der Waals surface area contributed by atoms with Crippen molar-refractivity contribution in [3.05, 3.63) is 71.0 Å². The summed E-state index contributed by atoms with van der Waals surface area (Å²) in [5.74, 6) is 0.694. The Morgan fingerprint density at radius 3 is 2.69 bits per heavy atom. The van der Waals surface area contributed by atoms with E-state index < -0.39 is 0 Å². The maximum absolute atomic E-state index is 12.4. The van der Waals surface area contributed by atoms with Crippen LogP contribution in [-0.4, -0.2) is 19.1 Å². The number of carbonyl (C=O) groups is 1. The highest BCUT2D eigenvalue weighted by Crippen LogP contribution is 2.37. The van der Waals surface area contributed by atoms with Crippen molar-refractivity contribution in [3.63, 3.8) is 0 Å². The van der Waals surface area contributed by atoms with Gasteiger partial charge in [0.1, 0.15) is 11.3 Å². The van der Waals surface area contributed by atoms with Gasteiger partial charge in [0.2, 0.25) is 5.91 Å². The van der Waals surface area contributed by atoms with Crippen molar-refractivity contribution < 1.29 is 13.9 Å². The van der Waals surface area contributed by atoms with Crippen molar-refractivity contribution in [2.45, 2.75) is 40.5 Å². The van der Waals surface area contributed by atoms with Crippen LogP contribution in [0.25, 0.3) is 16.5 Å². The molecule has 1 N–H and O–H groups in total. The van der Waals surface area contributed by atoms with E-state index in [0.29, 0.717) is 13.2 Å². The number of benzene rings is 2. The predicted molar refractivity (Wildman–Crippen MR) is 118 cm³/mol. The van der Waals surface area contributed by atoms with Crippen LogP contribution in [0.15, 0.2) is 53.2 Å². The van der Waals surface area contributed by atoms with Gasteiger partial charge >= 0.3 is 0 Å². The molecule has 0 atom stereocenters. The average molecular weight is 392 g/mol. The molecule has 0 spiro atoms. The molecule has 0 unspecified atom stereocenters. The molecule has 0 aliphatic heterocycles. The molecule has 0 radical (unpaired) electrons. The standard InChI is InChI=1S/C25H29NO3/c1-5-28-24-19(4)25-22(18(3)16-29-25)15-21(24)17(2)14-23(27)26-13-9-12-20-10-7-6-8-11-20/h6-8,10-11,14-16H,5,9,12-13H2,1-4H3,(H,26,27)/b17-14+. The van der Waals surface area contributed by atoms with Gasteiger partial charge in [0, 0.05) is 29.1 Å². The molecule has 1 heterocycles. The Kier molecular flexibility index (Phi) is 6.76. The molecule has 0 fully saturated rings. The van der Waals surface area contributed by atoms with Gasteiger partial charge in [0.05, 0.1) is 12.9 Å². The third-order valence-electron chi connectivity index (χ3n) is 5.08. The van der Waals surface area contributed by atoms with Gasteiger partial charge in [0.15, 0.2) is 0 Å². The molecule has 4 nitrogen and oxygen atoms in total. The molecule has 3 aromatic rings. The van der Waals surface area contributed by atoms with Crippen LogP contribution in [0.2, 0.25) is 0 Å². The molecule has 152 valence electrons. The van der Waals surface area contributed by atoms with Gasteiger partial charge in [0.25, 0.3) is 0 Å². The van der Waals surface area contributed by atoms with Crippen LogP contribution >= 0.6 is 0 Å². The summed E-state index contributed by atoms with van der Waals surface area (Å²) in [6, 6.07) is 12.4. The van der Waals surface area contributed by atoms with E-state index in [9.17, 15) is 4.79 Å². The molecule has 0 aliphatic rings. The maximum atomic E-state index is 12.4. The van der Waals surface area contributed by atoms with Gasteiger partial charge in [-0.2, -0.15) is 0 Å². The molecular formula is C25H29NO3. The summed E-state index contributed by atoms with van der Waals surface area (Å²) in [5, 5.41) is 4.04. The normalized spacial score (nSPS) is 11.7. The third-order valence-corrected chi connectivity index (χ3v) is 5.08. The first-order valence-electron chi connectivity index (χ1n) is 10.2. The summed E-state index contributed by atoms with van der Waals surface area (Å²) in [7, 11) is 0. The fourth-order valence-electron chi connectivity index (χ4n) is 3.54. The lowest BCUT2D eigenvalue weighted by molar-refractivity contribution is -0.116. The zero-order valence-electron chi connectivity index (χ0n) is 17.7. The van der Waals surface area contributed by atoms with Gasteiger partial charge in [-0.05, 0) is 63.3 Å². The molecule has 0 aliphatic carbocycles. The number of nitrogens with one attached hydrogen (secondary N) is 1. The molecule has 1 aromatic heterocycles. The topological polar surface area (TPSA) is 51.5 Å². The quantitative estimate of drug-likeness (QED) is 0.402. The van der Waals surface area contributed by atoms with Gasteiger partial charge < -0.3 is 14.5 Å². The van der Waals surface area contributed by atoms with Crippen molar-refractivity contribution in [1.82, 2.24) is 5.32 Å². The zero-order valence-corrected chi connectivity index (χ0v) is 17.7. The summed E-state index contributed by atoms with van der Waals surface area (Å²) in [5.41, 5.74) is 5.97. The Morgan fingerprint density at radius 2 is 1.97 bits per heavy atom. The summed E-state index contributed by atoms with van der Waals surface area (Å²) in [6.45, 7) is 9.12. The minimum absolute atomic E-state index is 0.0836. The predicted octanol–water partition coefficient (Wildman–Crippen LogP) is 5.60. The Labute approximate surface area is 172 Å². The van der Waals surface area contributed by atoms with Crippen molar-refractivity contribution >= 4 is 22.4 Å². The number of amides is 1. The Morgan fingerprint density at radius 1 is 1.21 bits per heavy atom. The number of carbonyl (C=O) groups excluding carboxylic acids is 1. The largest absolute Gasteiger partial charge is 0.493 e. The third kappa shape index (κ3) is 4.89. The molecule has 0 bridgehead atoms. The van der Waals surface area contributed by atoms with E-state index in [1.807, 2.05) is 45.9 Å². The Hall–Kier alpha value is -3.01. The number of fused-ring (bicyclic) bond motifs is 1. The van der Waals surface area contributed by atoms with Crippen LogP contribution in [-0.2, 0) is 11.2 Å². The molecule has 1 amide bonds. The highest BCUT2D eigenvalue weighted by Gasteiger charge is 2.17. The average Bonchev–Trinajstić information content (AvgIpc) is 3.09. The van der Waals surface area contributed by atoms with E-state index in [-0.39, 0.29) is 5.91 Å². The molecule has 0 saturated heterocycles. The van der Waals surface area contributed by atoms with Crippen LogP contribution < -0.4 is 10.1 Å². The number of furan rings is 1. The van der Waals surface area contributed by atoms with Crippen LogP contribution in [0, 0.1) is 13.8 Å². The van der Waals surface area contributed by atoms with E-state index >= 15 is 0 Å². The van der Waals surface area contributed by atoms with E-state index in [4.69, 9.17) is 9.15 Å². The number of aryl methyl sites for hydroxylation is 3. The molecule has 29 heavy (non-hydrogen) atoms. The van der Waals surface area contributed by atoms with Gasteiger partial charge in [-0.1, -0.05) is 30.3 Å². The second-order valence-corrected chi connectivity index (χ2v) is 7.31. The molecule has 0 saturated carbocycles. The van der Waals surface area contributed by atoms with Gasteiger partial charge in [-0.15, -0.1) is 0 Å². The number of rotatable bonds is 8. The van der Waals surface area contributed by atoms with Crippen molar-refractivity contribution in [1.29, 1.82) is 0 Å². The van der Waals surface area contributed by atoms with E-state index in [1.54, 1.807) is 12.3 Å². The highest BCUT2D eigenvalue weighted by molar-refractivity contribution is 5.98. The summed E-state index contributed by atoms with van der Waals surface area (Å²) in [4.78, 5) is 12.4. The first-order valence-corrected chi connectivity index (χ1v) is 10.2. The van der Waals surface area contributed by atoms with Crippen molar-refractivity contribution in [2.75, 3.05) is 13.2 Å². The molecule has 2 aromatic carbocycles. The van der Waals surface area contributed by atoms with Crippen molar-refractivity contribution in [2.24, 2.45) is 0 Å². The summed E-state index contributed by atoms with van der Waals surface area (Å²) >= 11 is 0. The van der Waals surface area contributed by atoms with E-state index in [2.05, 4.69) is 23.5 Å². The summed E-state index contributed by atoms with van der Waals surface area (Å²) < 4.78 is 11.6. The fourth-order valence-corrected chi connectivity index (χ4v) is 3.54. The number of hydrogen-bond acceptors (Lipinski definition) is 3. The number of allylic oxidation sites excluding steroid dienone is 1. The lowest BCUT2D eigenvalue weighted by atomic mass is 9.98. The monoisotopic (exact) mass is 391 g/mol. The van der Waals surface area contributed by atoms with Crippen LogP contribution in [0.5, 0.6) is 5.75 Å². The van der Waals surface area contributed by atoms with Crippen LogP contribution in [0.4, 0.5) is 0 Å². The summed E-state index contributed by atoms with van der Waals surface area (Å²) in [6.07, 6.45) is 5.27. The first-order chi connectivity index (χ1) is 14.0. The van der Waals surface area contributed by atoms with Crippen molar-refractivity contribution in [3.8, 4) is 5.75 Å². The Bertz CT molecular complexity index is 1020. The lowest BCUT2D eigenvalue weighted by Crippen LogP contribution is -2.22. The maximum Gasteiger partial charge on any atom is 0.244 e. The zero-order chi connectivity index (χ0) is 20.8. The first kappa shape index (κ1) is 20.7. The van der Waals surface area contributed by atoms with Crippen LogP contribution in [0.3, 0.4) is 0 Å². The van der Waals surface area contributed by atoms with Crippen LogP contribution in [0.1, 0.15) is 42.5 Å². The fraction of sp³-hybridized carbons (Fsp3) is 0.320. The highest BCUT2D eigenvalue weighted by atomic mass is 16.5. The minimum atomic E-state index is -0.0836. The smallest absolute Gasteiger partial charge is 0.244 e. The molecule has 3 rings (SSSR count). The number of hydrogen-bond donors (Lipinski definition) is 1. The molecular weight excluding hydrogens is 362 g/mol. The van der Waals surface area contributed by atoms with E-state index in [0.717, 1.165) is 51.8 Å². The Balaban J connectivity index is 1.72. The SMILES string of the molecule is CCOc1c(/C(C)=C/C(=O)NCCCc2ccccc2)cc2c(C)coc2c1C. The van der Waals surface area contributed by atoms with Gasteiger partial charge in [-0.25, -0.2) is 0 Å². The second kappa shape index (κ2) is 9.46. The minimum Gasteiger partial charge on any atom is -0.493 e. The van der Waals surface area contributed by atoms with Gasteiger partial charge in [-0.3, -0.25) is 4.79 Å². The van der Waals surface area contributed by atoms with E-state index in [1.165, 1.54) is 5.56 Å². The second-order valence-electron chi connectivity index (χ2n) is 7.31.